The first-order chi connectivity index (χ1) is 14.0. The third-order valence-corrected chi connectivity index (χ3v) is 7.15. The molecular weight excluding hydrogens is 382 g/mol. The minimum atomic E-state index is -0.110. The first-order valence-corrected chi connectivity index (χ1v) is 11.1. The Balaban J connectivity index is 1.74. The van der Waals surface area contributed by atoms with Crippen molar-refractivity contribution in [2.24, 2.45) is 4.99 Å². The number of aliphatic imine (C=N–C) groups is 1. The zero-order valence-corrected chi connectivity index (χ0v) is 18.1. The molecule has 0 unspecified atom stereocenters. The van der Waals surface area contributed by atoms with Crippen molar-refractivity contribution >= 4 is 33.9 Å². The van der Waals surface area contributed by atoms with Crippen molar-refractivity contribution in [3.8, 4) is 0 Å². The summed E-state index contributed by atoms with van der Waals surface area (Å²) in [7, 11) is 0. The van der Waals surface area contributed by atoms with E-state index in [2.05, 4.69) is 32.9 Å². The van der Waals surface area contributed by atoms with Crippen molar-refractivity contribution < 1.29 is 9.59 Å². The number of piperidine rings is 1. The van der Waals surface area contributed by atoms with E-state index in [9.17, 15) is 9.59 Å². The standard InChI is InChI=1S/C23H27N3O2S/c1-15-9-5-6-10-18(15)22-21-16(2)17(3)29-23(21)26(19(27)13-24-22)14-20(28)25-11-7-4-8-12-25/h5-6,9-10H,4,7-8,11-14H2,1-3H3. The summed E-state index contributed by atoms with van der Waals surface area (Å²) in [6.45, 7) is 7.97. The van der Waals surface area contributed by atoms with Crippen LogP contribution < -0.4 is 4.90 Å². The van der Waals surface area contributed by atoms with Gasteiger partial charge in [-0.1, -0.05) is 24.3 Å². The molecule has 1 fully saturated rings. The lowest BCUT2D eigenvalue weighted by Crippen LogP contribution is -2.45. The second kappa shape index (κ2) is 8.11. The van der Waals surface area contributed by atoms with Gasteiger partial charge in [-0.25, -0.2) is 0 Å². The Bertz CT molecular complexity index is 986. The monoisotopic (exact) mass is 409 g/mol. The zero-order valence-electron chi connectivity index (χ0n) is 17.3. The Morgan fingerprint density at radius 2 is 1.83 bits per heavy atom. The maximum absolute atomic E-state index is 13.0. The van der Waals surface area contributed by atoms with Gasteiger partial charge < -0.3 is 4.90 Å². The Morgan fingerprint density at radius 3 is 2.55 bits per heavy atom. The maximum atomic E-state index is 13.0. The first-order valence-electron chi connectivity index (χ1n) is 10.3. The second-order valence-electron chi connectivity index (χ2n) is 7.86. The summed E-state index contributed by atoms with van der Waals surface area (Å²) >= 11 is 1.59. The van der Waals surface area contributed by atoms with E-state index >= 15 is 0 Å². The van der Waals surface area contributed by atoms with Crippen molar-refractivity contribution in [1.29, 1.82) is 0 Å². The molecule has 152 valence electrons. The van der Waals surface area contributed by atoms with E-state index in [1.807, 2.05) is 17.0 Å². The van der Waals surface area contributed by atoms with Gasteiger partial charge in [0.25, 0.3) is 0 Å². The van der Waals surface area contributed by atoms with Crippen LogP contribution in [0.4, 0.5) is 5.00 Å². The van der Waals surface area contributed by atoms with Crippen LogP contribution in [0.25, 0.3) is 0 Å². The zero-order chi connectivity index (χ0) is 20.5. The molecule has 1 aromatic carbocycles. The minimum absolute atomic E-state index is 0.0343. The number of likely N-dealkylation sites (tertiary alicyclic amines) is 1. The molecule has 2 aromatic rings. The number of hydrogen-bond donors (Lipinski definition) is 0. The van der Waals surface area contributed by atoms with Gasteiger partial charge in [-0.3, -0.25) is 19.5 Å². The highest BCUT2D eigenvalue weighted by Crippen LogP contribution is 2.39. The predicted octanol–water partition coefficient (Wildman–Crippen LogP) is 3.87. The van der Waals surface area contributed by atoms with E-state index in [1.54, 1.807) is 16.2 Å². The van der Waals surface area contributed by atoms with Crippen LogP contribution in [-0.4, -0.2) is 48.6 Å². The quantitative estimate of drug-likeness (QED) is 0.773. The van der Waals surface area contributed by atoms with Gasteiger partial charge in [0.1, 0.15) is 18.1 Å². The number of rotatable bonds is 3. The highest BCUT2D eigenvalue weighted by molar-refractivity contribution is 7.17. The van der Waals surface area contributed by atoms with Crippen LogP contribution in [-0.2, 0) is 9.59 Å². The number of carbonyl (C=O) groups is 2. The lowest BCUT2D eigenvalue weighted by atomic mass is 9.96. The normalized spacial score (nSPS) is 17.1. The smallest absolute Gasteiger partial charge is 0.249 e. The topological polar surface area (TPSA) is 53.0 Å². The molecule has 0 aliphatic carbocycles. The first kappa shape index (κ1) is 19.8. The molecule has 0 saturated carbocycles. The molecule has 29 heavy (non-hydrogen) atoms. The molecule has 0 N–H and O–H groups in total. The molecule has 1 aromatic heterocycles. The van der Waals surface area contributed by atoms with Gasteiger partial charge in [-0.05, 0) is 51.2 Å². The fourth-order valence-electron chi connectivity index (χ4n) is 4.10. The minimum Gasteiger partial charge on any atom is -0.341 e. The van der Waals surface area contributed by atoms with Gasteiger partial charge in [0.15, 0.2) is 0 Å². The number of carbonyl (C=O) groups excluding carboxylic acids is 2. The van der Waals surface area contributed by atoms with E-state index in [4.69, 9.17) is 4.99 Å². The lowest BCUT2D eigenvalue weighted by molar-refractivity contribution is -0.132. The van der Waals surface area contributed by atoms with Gasteiger partial charge >= 0.3 is 0 Å². The van der Waals surface area contributed by atoms with Crippen LogP contribution >= 0.6 is 11.3 Å². The van der Waals surface area contributed by atoms with Crippen LogP contribution in [0.15, 0.2) is 29.3 Å². The fourth-order valence-corrected chi connectivity index (χ4v) is 5.27. The molecule has 6 heteroatoms. The Morgan fingerprint density at radius 1 is 1.10 bits per heavy atom. The molecule has 3 heterocycles. The van der Waals surface area contributed by atoms with Gasteiger partial charge in [-0.2, -0.15) is 0 Å². The van der Waals surface area contributed by atoms with Gasteiger partial charge in [0, 0.05) is 29.1 Å². The molecule has 0 bridgehead atoms. The molecular formula is C23H27N3O2S. The number of fused-ring (bicyclic) bond motifs is 1. The third kappa shape index (κ3) is 3.73. The van der Waals surface area contributed by atoms with Crippen LogP contribution in [0, 0.1) is 20.8 Å². The molecule has 2 aliphatic rings. The number of hydrogen-bond acceptors (Lipinski definition) is 4. The van der Waals surface area contributed by atoms with Crippen molar-refractivity contribution in [3.63, 3.8) is 0 Å². The second-order valence-corrected chi connectivity index (χ2v) is 9.07. The summed E-state index contributed by atoms with van der Waals surface area (Å²) < 4.78 is 0. The molecule has 4 rings (SSSR count). The number of anilines is 1. The average molecular weight is 410 g/mol. The Hall–Kier alpha value is -2.47. The van der Waals surface area contributed by atoms with E-state index in [-0.39, 0.29) is 24.9 Å². The molecule has 2 aliphatic heterocycles. The SMILES string of the molecule is Cc1ccccc1C1=NCC(=O)N(CC(=O)N2CCCCC2)c2sc(C)c(C)c21. The largest absolute Gasteiger partial charge is 0.341 e. The van der Waals surface area contributed by atoms with E-state index < -0.39 is 0 Å². The fraction of sp³-hybridized carbons (Fsp3) is 0.435. The Labute approximate surface area is 176 Å². The van der Waals surface area contributed by atoms with Gasteiger partial charge in [-0.15, -0.1) is 11.3 Å². The summed E-state index contributed by atoms with van der Waals surface area (Å²) in [5.41, 5.74) is 5.18. The van der Waals surface area contributed by atoms with Crippen molar-refractivity contribution in [3.05, 3.63) is 51.4 Å². The molecule has 0 atom stereocenters. The van der Waals surface area contributed by atoms with Crippen LogP contribution in [0.3, 0.4) is 0 Å². The third-order valence-electron chi connectivity index (χ3n) is 5.92. The molecule has 0 radical (unpaired) electrons. The summed E-state index contributed by atoms with van der Waals surface area (Å²) in [5.74, 6) is -0.0755. The number of thiophene rings is 1. The summed E-state index contributed by atoms with van der Waals surface area (Å²) in [4.78, 5) is 35.4. The predicted molar refractivity (Wildman–Crippen MR) is 118 cm³/mol. The summed E-state index contributed by atoms with van der Waals surface area (Å²) in [6.07, 6.45) is 3.26. The lowest BCUT2D eigenvalue weighted by Gasteiger charge is -2.29. The van der Waals surface area contributed by atoms with Crippen LogP contribution in [0.1, 0.15) is 46.4 Å². The number of aryl methyl sites for hydroxylation is 2. The molecule has 0 spiro atoms. The van der Waals surface area contributed by atoms with Crippen LogP contribution in [0.2, 0.25) is 0 Å². The molecule has 5 nitrogen and oxygen atoms in total. The average Bonchev–Trinajstić information content (AvgIpc) is 2.94. The van der Waals surface area contributed by atoms with E-state index in [1.165, 1.54) is 6.42 Å². The number of amides is 2. The van der Waals surface area contributed by atoms with E-state index in [0.29, 0.717) is 0 Å². The number of benzene rings is 1. The molecule has 1 saturated heterocycles. The van der Waals surface area contributed by atoms with Gasteiger partial charge in [0.2, 0.25) is 11.8 Å². The van der Waals surface area contributed by atoms with Crippen molar-refractivity contribution in [2.45, 2.75) is 40.0 Å². The van der Waals surface area contributed by atoms with Crippen molar-refractivity contribution in [1.82, 2.24) is 4.90 Å². The van der Waals surface area contributed by atoms with Crippen molar-refractivity contribution in [2.75, 3.05) is 31.1 Å². The van der Waals surface area contributed by atoms with E-state index in [0.717, 1.165) is 63.8 Å². The van der Waals surface area contributed by atoms with Crippen LogP contribution in [0.5, 0.6) is 0 Å². The Kier molecular flexibility index (Phi) is 5.54. The number of nitrogens with zero attached hydrogens (tertiary/aromatic N) is 3. The van der Waals surface area contributed by atoms with Gasteiger partial charge in [0.05, 0.1) is 5.71 Å². The summed E-state index contributed by atoms with van der Waals surface area (Å²) in [5, 5.41) is 0.856. The highest BCUT2D eigenvalue weighted by atomic mass is 32.1. The maximum Gasteiger partial charge on any atom is 0.249 e. The highest BCUT2D eigenvalue weighted by Gasteiger charge is 2.32. The summed E-state index contributed by atoms with van der Waals surface area (Å²) in [6, 6.07) is 8.14. The molecule has 2 amide bonds.